The zero-order valence-corrected chi connectivity index (χ0v) is 6.83. The van der Waals surface area contributed by atoms with Crippen molar-refractivity contribution in [3.63, 3.8) is 0 Å². The molecular weight excluding hydrogens is 160 g/mol. The number of amides is 3. The monoisotopic (exact) mass is 172 g/mol. The van der Waals surface area contributed by atoms with Gasteiger partial charge in [0.1, 0.15) is 0 Å². The van der Waals surface area contributed by atoms with E-state index < -0.39 is 17.7 Å². The lowest BCUT2D eigenvalue weighted by Gasteiger charge is -2.39. The molecule has 0 aliphatic carbocycles. The molecule has 6 nitrogen and oxygen atoms in total. The van der Waals surface area contributed by atoms with Gasteiger partial charge in [0.05, 0.1) is 6.42 Å². The fraction of sp³-hybridized carbons (Fsp3) is 0.667. The largest absolute Gasteiger partial charge is 0.326 e. The summed E-state index contributed by atoms with van der Waals surface area (Å²) in [7, 11) is 0. The van der Waals surface area contributed by atoms with Gasteiger partial charge in [0.25, 0.3) is 0 Å². The molecule has 0 radical (unpaired) electrons. The van der Waals surface area contributed by atoms with Gasteiger partial charge in [-0.3, -0.25) is 26.5 Å². The first kappa shape index (κ1) is 8.95. The summed E-state index contributed by atoms with van der Waals surface area (Å²) in [5.74, 6) is -1.77. The molecule has 6 heteroatoms. The van der Waals surface area contributed by atoms with E-state index in [-0.39, 0.29) is 6.42 Å². The fourth-order valence-electron chi connectivity index (χ4n) is 1.21. The molecule has 1 aliphatic rings. The van der Waals surface area contributed by atoms with Crippen molar-refractivity contribution in [3.05, 3.63) is 0 Å². The van der Waals surface area contributed by atoms with Gasteiger partial charge >= 0.3 is 6.03 Å². The summed E-state index contributed by atoms with van der Waals surface area (Å²) in [5.41, 5.74) is 11.1. The van der Waals surface area contributed by atoms with E-state index in [1.54, 1.807) is 6.92 Å². The third kappa shape index (κ3) is 1.39. The molecule has 0 atom stereocenters. The van der Waals surface area contributed by atoms with Gasteiger partial charge in [-0.2, -0.15) is 0 Å². The molecular formula is C6H12N4O2. The quantitative estimate of drug-likeness (QED) is 0.420. The molecule has 0 aromatic rings. The SMILES string of the molecule is CCN1C(=O)NC(=O)CC1(N)N. The third-order valence-corrected chi connectivity index (χ3v) is 1.75. The van der Waals surface area contributed by atoms with Crippen LogP contribution >= 0.6 is 0 Å². The predicted molar refractivity (Wildman–Crippen MR) is 41.6 cm³/mol. The molecule has 0 unspecified atom stereocenters. The van der Waals surface area contributed by atoms with E-state index in [1.165, 1.54) is 4.90 Å². The normalized spacial score (nSPS) is 22.4. The van der Waals surface area contributed by atoms with Crippen molar-refractivity contribution in [2.24, 2.45) is 11.5 Å². The van der Waals surface area contributed by atoms with Crippen LogP contribution in [0.25, 0.3) is 0 Å². The number of hydrogen-bond acceptors (Lipinski definition) is 4. The first-order chi connectivity index (χ1) is 5.47. The molecule has 0 aromatic heterocycles. The highest BCUT2D eigenvalue weighted by atomic mass is 16.2. The van der Waals surface area contributed by atoms with Gasteiger partial charge in [-0.25, -0.2) is 4.79 Å². The van der Waals surface area contributed by atoms with Crippen LogP contribution in [0, 0.1) is 0 Å². The van der Waals surface area contributed by atoms with Gasteiger partial charge in [-0.15, -0.1) is 0 Å². The van der Waals surface area contributed by atoms with Crippen molar-refractivity contribution in [2.45, 2.75) is 19.1 Å². The number of urea groups is 1. The molecule has 5 N–H and O–H groups in total. The Morgan fingerprint density at radius 2 is 2.17 bits per heavy atom. The van der Waals surface area contributed by atoms with Gasteiger partial charge in [-0.05, 0) is 6.92 Å². The molecule has 68 valence electrons. The average Bonchev–Trinajstić information content (AvgIpc) is 1.82. The summed E-state index contributed by atoms with van der Waals surface area (Å²) in [6, 6.07) is -0.529. The first-order valence-corrected chi connectivity index (χ1v) is 3.66. The van der Waals surface area contributed by atoms with Crippen molar-refractivity contribution in [3.8, 4) is 0 Å². The van der Waals surface area contributed by atoms with Crippen molar-refractivity contribution in [1.82, 2.24) is 10.2 Å². The minimum Gasteiger partial charge on any atom is -0.296 e. The number of nitrogens with two attached hydrogens (primary N) is 2. The van der Waals surface area contributed by atoms with Gasteiger partial charge in [0, 0.05) is 6.54 Å². The van der Waals surface area contributed by atoms with Crippen LogP contribution in [0.4, 0.5) is 4.79 Å². The Balaban J connectivity index is 2.85. The summed E-state index contributed by atoms with van der Waals surface area (Å²) < 4.78 is 0. The Kier molecular flexibility index (Phi) is 2.03. The summed E-state index contributed by atoms with van der Waals surface area (Å²) >= 11 is 0. The number of rotatable bonds is 1. The molecule has 1 heterocycles. The van der Waals surface area contributed by atoms with Crippen LogP contribution in [-0.4, -0.2) is 29.2 Å². The van der Waals surface area contributed by atoms with E-state index in [1.807, 2.05) is 0 Å². The van der Waals surface area contributed by atoms with Crippen molar-refractivity contribution < 1.29 is 9.59 Å². The molecule has 1 saturated heterocycles. The zero-order valence-electron chi connectivity index (χ0n) is 6.83. The third-order valence-electron chi connectivity index (χ3n) is 1.75. The van der Waals surface area contributed by atoms with E-state index in [9.17, 15) is 9.59 Å². The number of carbonyl (C=O) groups excluding carboxylic acids is 2. The number of nitrogens with zero attached hydrogens (tertiary/aromatic N) is 1. The topological polar surface area (TPSA) is 101 Å². The molecule has 0 aromatic carbocycles. The molecule has 1 fully saturated rings. The summed E-state index contributed by atoms with van der Waals surface area (Å²) in [6.45, 7) is 2.12. The summed E-state index contributed by atoms with van der Waals surface area (Å²) in [5, 5.41) is 2.12. The standard InChI is InChI=1S/C6H12N4O2/c1-2-10-5(12)9-4(11)3-6(10,7)8/h2-3,7-8H2,1H3,(H,9,11,12). The number of carbonyl (C=O) groups is 2. The zero-order chi connectivity index (χ0) is 9.35. The van der Waals surface area contributed by atoms with Gasteiger partial charge < -0.3 is 0 Å². The second-order valence-electron chi connectivity index (χ2n) is 2.77. The van der Waals surface area contributed by atoms with Crippen molar-refractivity contribution in [1.29, 1.82) is 0 Å². The van der Waals surface area contributed by atoms with E-state index >= 15 is 0 Å². The maximum atomic E-state index is 11.1. The highest BCUT2D eigenvalue weighted by molar-refractivity contribution is 5.97. The molecule has 0 bridgehead atoms. The van der Waals surface area contributed by atoms with Crippen molar-refractivity contribution in [2.75, 3.05) is 6.54 Å². The first-order valence-electron chi connectivity index (χ1n) is 3.66. The van der Waals surface area contributed by atoms with Crippen molar-refractivity contribution >= 4 is 11.9 Å². The lowest BCUT2D eigenvalue weighted by Crippen LogP contribution is -2.71. The van der Waals surface area contributed by atoms with Gasteiger partial charge in [-0.1, -0.05) is 0 Å². The number of imide groups is 1. The second kappa shape index (κ2) is 2.72. The molecule has 1 rings (SSSR count). The highest BCUT2D eigenvalue weighted by Crippen LogP contribution is 2.11. The van der Waals surface area contributed by atoms with Crippen LogP contribution in [0.2, 0.25) is 0 Å². The van der Waals surface area contributed by atoms with Crippen LogP contribution in [0.1, 0.15) is 13.3 Å². The molecule has 1 aliphatic heterocycles. The minimum atomic E-state index is -1.34. The second-order valence-corrected chi connectivity index (χ2v) is 2.77. The molecule has 12 heavy (non-hydrogen) atoms. The number of nitrogens with one attached hydrogen (secondary N) is 1. The summed E-state index contributed by atoms with van der Waals surface area (Å²) in [4.78, 5) is 23.1. The maximum Gasteiger partial charge on any atom is 0.326 e. The lowest BCUT2D eigenvalue weighted by molar-refractivity contribution is -0.124. The Morgan fingerprint density at radius 1 is 1.58 bits per heavy atom. The Hall–Kier alpha value is -1.14. The fourth-order valence-corrected chi connectivity index (χ4v) is 1.21. The average molecular weight is 172 g/mol. The number of hydrogen-bond donors (Lipinski definition) is 3. The van der Waals surface area contributed by atoms with Crippen LogP contribution < -0.4 is 16.8 Å². The van der Waals surface area contributed by atoms with Gasteiger partial charge in [0.15, 0.2) is 5.79 Å². The highest BCUT2D eigenvalue weighted by Gasteiger charge is 2.38. The van der Waals surface area contributed by atoms with E-state index in [0.29, 0.717) is 6.54 Å². The Labute approximate surface area is 69.9 Å². The molecule has 0 spiro atoms. The smallest absolute Gasteiger partial charge is 0.296 e. The van der Waals surface area contributed by atoms with Crippen LogP contribution in [0.5, 0.6) is 0 Å². The van der Waals surface area contributed by atoms with Crippen LogP contribution in [-0.2, 0) is 4.79 Å². The van der Waals surface area contributed by atoms with Crippen LogP contribution in [0.3, 0.4) is 0 Å². The Morgan fingerprint density at radius 3 is 2.58 bits per heavy atom. The van der Waals surface area contributed by atoms with E-state index in [4.69, 9.17) is 11.5 Å². The van der Waals surface area contributed by atoms with E-state index in [2.05, 4.69) is 5.32 Å². The Bertz CT molecular complexity index is 226. The van der Waals surface area contributed by atoms with Crippen LogP contribution in [0.15, 0.2) is 0 Å². The minimum absolute atomic E-state index is 0.0629. The summed E-state index contributed by atoms with van der Waals surface area (Å²) in [6.07, 6.45) is -0.0629. The molecule has 3 amide bonds. The van der Waals surface area contributed by atoms with Gasteiger partial charge in [0.2, 0.25) is 5.91 Å². The maximum absolute atomic E-state index is 11.1. The predicted octanol–water partition coefficient (Wildman–Crippen LogP) is -1.48. The van der Waals surface area contributed by atoms with E-state index in [0.717, 1.165) is 0 Å². The molecule has 0 saturated carbocycles. The lowest BCUT2D eigenvalue weighted by atomic mass is 10.1.